The van der Waals surface area contributed by atoms with Crippen molar-refractivity contribution in [1.29, 1.82) is 0 Å². The minimum Gasteiger partial charge on any atom is -0.462 e. The van der Waals surface area contributed by atoms with Crippen LogP contribution in [0.2, 0.25) is 0 Å². The van der Waals surface area contributed by atoms with Crippen LogP contribution in [0.4, 0.5) is 5.00 Å². The molecule has 1 amide bonds. The number of aromatic nitrogens is 2. The second-order valence-corrected chi connectivity index (χ2v) is 9.83. The predicted octanol–water partition coefficient (Wildman–Crippen LogP) is 4.21. The second kappa shape index (κ2) is 10.9. The summed E-state index contributed by atoms with van der Waals surface area (Å²) in [5.41, 5.74) is 2.03. The average Bonchev–Trinajstić information content (AvgIpc) is 3.07. The van der Waals surface area contributed by atoms with Gasteiger partial charge >= 0.3 is 5.97 Å². The van der Waals surface area contributed by atoms with E-state index in [1.807, 2.05) is 0 Å². The van der Waals surface area contributed by atoms with Gasteiger partial charge in [0.1, 0.15) is 5.00 Å². The molecule has 3 rings (SSSR count). The molecule has 2 heterocycles. The summed E-state index contributed by atoms with van der Waals surface area (Å²) in [6.45, 7) is 6.34. The molecule has 2 N–H and O–H groups in total. The van der Waals surface area contributed by atoms with Gasteiger partial charge in [-0.15, -0.1) is 11.3 Å². The van der Waals surface area contributed by atoms with Gasteiger partial charge in [-0.1, -0.05) is 32.0 Å². The Kier molecular flexibility index (Phi) is 8.31. The third-order valence-corrected chi connectivity index (χ3v) is 7.19. The number of aromatic amines is 1. The van der Waals surface area contributed by atoms with Gasteiger partial charge in [0.2, 0.25) is 5.91 Å². The van der Waals surface area contributed by atoms with E-state index < -0.39 is 0 Å². The lowest BCUT2D eigenvalue weighted by Crippen LogP contribution is -2.18. The van der Waals surface area contributed by atoms with Crippen LogP contribution in [0, 0.1) is 5.92 Å². The second-order valence-electron chi connectivity index (χ2n) is 7.76. The molecule has 0 saturated carbocycles. The number of amides is 1. The van der Waals surface area contributed by atoms with Crippen molar-refractivity contribution in [1.82, 2.24) is 9.97 Å². The Balaban J connectivity index is 1.71. The van der Waals surface area contributed by atoms with Crippen molar-refractivity contribution >= 4 is 40.0 Å². The van der Waals surface area contributed by atoms with E-state index in [0.717, 1.165) is 54.7 Å². The van der Waals surface area contributed by atoms with Crippen LogP contribution in [0.25, 0.3) is 0 Å². The van der Waals surface area contributed by atoms with E-state index >= 15 is 0 Å². The molecule has 168 valence electrons. The number of carbonyl (C=O) groups excluding carboxylic acids is 2. The summed E-state index contributed by atoms with van der Waals surface area (Å²) < 4.78 is 5.25. The number of unbranched alkanes of at least 4 members (excludes halogenated alkanes) is 1. The quantitative estimate of drug-likeness (QED) is 0.328. The molecule has 2 aromatic heterocycles. The Morgan fingerprint density at radius 2 is 2.19 bits per heavy atom. The molecule has 0 saturated heterocycles. The number of aryl methyl sites for hydroxylation is 1. The zero-order valence-corrected chi connectivity index (χ0v) is 19.8. The number of hydrogen-bond donors (Lipinski definition) is 2. The highest BCUT2D eigenvalue weighted by Crippen LogP contribution is 2.40. The summed E-state index contributed by atoms with van der Waals surface area (Å²) in [5.74, 6) is 0.0145. The van der Waals surface area contributed by atoms with Crippen LogP contribution in [0.5, 0.6) is 0 Å². The third-order valence-electron chi connectivity index (χ3n) is 5.14. The first-order chi connectivity index (χ1) is 14.9. The largest absolute Gasteiger partial charge is 0.462 e. The molecule has 0 radical (unpaired) electrons. The van der Waals surface area contributed by atoms with Crippen molar-refractivity contribution in [2.45, 2.75) is 64.5 Å². The van der Waals surface area contributed by atoms with Gasteiger partial charge in [0.25, 0.3) is 5.56 Å². The van der Waals surface area contributed by atoms with Crippen LogP contribution in [0.1, 0.15) is 66.5 Å². The monoisotopic (exact) mass is 463 g/mol. The minimum atomic E-state index is -0.382. The van der Waals surface area contributed by atoms with Gasteiger partial charge in [0, 0.05) is 16.6 Å². The van der Waals surface area contributed by atoms with Crippen molar-refractivity contribution in [2.24, 2.45) is 5.92 Å². The topological polar surface area (TPSA) is 101 Å². The number of nitrogens with one attached hydrogen (secondary N) is 2. The van der Waals surface area contributed by atoms with Gasteiger partial charge in [0.15, 0.2) is 5.16 Å². The lowest BCUT2D eigenvalue weighted by atomic mass is 9.88. The molecule has 0 fully saturated rings. The molecule has 0 spiro atoms. The first-order valence-electron chi connectivity index (χ1n) is 10.8. The maximum absolute atomic E-state index is 12.6. The highest BCUT2D eigenvalue weighted by Gasteiger charge is 2.29. The van der Waals surface area contributed by atoms with Crippen molar-refractivity contribution in [2.75, 3.05) is 17.7 Å². The van der Waals surface area contributed by atoms with Crippen molar-refractivity contribution < 1.29 is 14.3 Å². The number of thiophene rings is 1. The van der Waals surface area contributed by atoms with E-state index in [-0.39, 0.29) is 29.8 Å². The zero-order valence-electron chi connectivity index (χ0n) is 18.2. The molecule has 9 heteroatoms. The van der Waals surface area contributed by atoms with Gasteiger partial charge in [-0.3, -0.25) is 9.59 Å². The van der Waals surface area contributed by atoms with Gasteiger partial charge < -0.3 is 15.0 Å². The van der Waals surface area contributed by atoms with Gasteiger partial charge in [-0.2, -0.15) is 0 Å². The van der Waals surface area contributed by atoms with Crippen LogP contribution >= 0.6 is 23.1 Å². The van der Waals surface area contributed by atoms with E-state index in [1.165, 1.54) is 29.2 Å². The number of H-pyrrole nitrogens is 1. The van der Waals surface area contributed by atoms with E-state index in [9.17, 15) is 14.4 Å². The number of hydrogen-bond acceptors (Lipinski definition) is 7. The molecule has 0 aromatic carbocycles. The van der Waals surface area contributed by atoms with Crippen molar-refractivity contribution in [3.63, 3.8) is 0 Å². The summed E-state index contributed by atoms with van der Waals surface area (Å²) in [4.78, 5) is 45.4. The Morgan fingerprint density at radius 3 is 2.94 bits per heavy atom. The van der Waals surface area contributed by atoms with E-state index in [0.29, 0.717) is 21.6 Å². The van der Waals surface area contributed by atoms with Crippen molar-refractivity contribution in [3.8, 4) is 0 Å². The van der Waals surface area contributed by atoms with Crippen molar-refractivity contribution in [3.05, 3.63) is 38.1 Å². The number of rotatable bonds is 9. The van der Waals surface area contributed by atoms with Crippen LogP contribution in [0.15, 0.2) is 16.0 Å². The Hall–Kier alpha value is -2.13. The number of fused-ring (bicyclic) bond motifs is 1. The normalized spacial score (nSPS) is 15.4. The lowest BCUT2D eigenvalue weighted by Gasteiger charge is -2.18. The molecule has 0 aliphatic heterocycles. The Labute approximate surface area is 190 Å². The molecule has 0 bridgehead atoms. The van der Waals surface area contributed by atoms with Crippen LogP contribution < -0.4 is 10.9 Å². The van der Waals surface area contributed by atoms with Gasteiger partial charge in [-0.25, -0.2) is 9.78 Å². The summed E-state index contributed by atoms with van der Waals surface area (Å²) in [7, 11) is 0. The first-order valence-corrected chi connectivity index (χ1v) is 12.6. The van der Waals surface area contributed by atoms with E-state index in [1.54, 1.807) is 6.92 Å². The highest BCUT2D eigenvalue weighted by atomic mass is 32.2. The average molecular weight is 464 g/mol. The maximum atomic E-state index is 12.6. The first kappa shape index (κ1) is 23.5. The minimum absolute atomic E-state index is 0.0847. The fourth-order valence-electron chi connectivity index (χ4n) is 3.59. The molecule has 1 aliphatic rings. The van der Waals surface area contributed by atoms with E-state index in [2.05, 4.69) is 29.1 Å². The number of carbonyl (C=O) groups is 2. The Morgan fingerprint density at radius 1 is 1.39 bits per heavy atom. The summed E-state index contributed by atoms with van der Waals surface area (Å²) in [6.07, 6.45) is 5.47. The third kappa shape index (κ3) is 6.20. The summed E-state index contributed by atoms with van der Waals surface area (Å²) >= 11 is 2.65. The predicted molar refractivity (Wildman–Crippen MR) is 124 cm³/mol. The molecule has 2 aromatic rings. The molecule has 7 nitrogen and oxygen atoms in total. The van der Waals surface area contributed by atoms with Crippen LogP contribution in [0.3, 0.4) is 0 Å². The van der Waals surface area contributed by atoms with Gasteiger partial charge in [0.05, 0.1) is 17.9 Å². The van der Waals surface area contributed by atoms with Crippen LogP contribution in [-0.2, 0) is 28.8 Å². The molecular weight excluding hydrogens is 434 g/mol. The number of ether oxygens (including phenoxy) is 1. The SMILES string of the molecule is CCCCc1cc(=O)[nH]c(SCC(=O)Nc2sc3c(c2C(=O)OCC)CCC(C)C3)n1. The number of esters is 1. The number of thioether (sulfide) groups is 1. The zero-order chi connectivity index (χ0) is 22.4. The highest BCUT2D eigenvalue weighted by molar-refractivity contribution is 7.99. The number of anilines is 1. The summed E-state index contributed by atoms with van der Waals surface area (Å²) in [5, 5.41) is 3.88. The molecule has 1 aliphatic carbocycles. The maximum Gasteiger partial charge on any atom is 0.341 e. The lowest BCUT2D eigenvalue weighted by molar-refractivity contribution is -0.113. The number of nitrogens with zero attached hydrogens (tertiary/aromatic N) is 1. The molecular formula is C22H29N3O4S2. The molecule has 31 heavy (non-hydrogen) atoms. The molecule has 1 atom stereocenters. The van der Waals surface area contributed by atoms with Crippen LogP contribution in [-0.4, -0.2) is 34.2 Å². The standard InChI is InChI=1S/C22H29N3O4S2/c1-4-6-7-14-11-17(26)25-22(23-14)30-12-18(27)24-20-19(21(28)29-5-2)15-9-8-13(3)10-16(15)31-20/h11,13H,4-10,12H2,1-3H3,(H,24,27)(H,23,25,26). The Bertz CT molecular complexity index is 999. The van der Waals surface area contributed by atoms with E-state index in [4.69, 9.17) is 4.74 Å². The molecule has 1 unspecified atom stereocenters. The fraction of sp³-hybridized carbons (Fsp3) is 0.545. The smallest absolute Gasteiger partial charge is 0.341 e. The summed E-state index contributed by atoms with van der Waals surface area (Å²) in [6, 6.07) is 1.50. The fourth-order valence-corrected chi connectivity index (χ4v) is 5.70. The van der Waals surface area contributed by atoms with Gasteiger partial charge in [-0.05, 0) is 50.5 Å².